The highest BCUT2D eigenvalue weighted by Gasteiger charge is 2.12. The number of carbonyl (C=O) groups is 1. The van der Waals surface area contributed by atoms with E-state index in [4.69, 9.17) is 4.74 Å². The first-order chi connectivity index (χ1) is 11.0. The molecule has 2 amide bonds. The molecule has 130 valence electrons. The van der Waals surface area contributed by atoms with Crippen molar-refractivity contribution in [1.29, 1.82) is 0 Å². The van der Waals surface area contributed by atoms with Gasteiger partial charge < -0.3 is 20.3 Å². The van der Waals surface area contributed by atoms with Crippen LogP contribution in [-0.4, -0.2) is 43.3 Å². The van der Waals surface area contributed by atoms with Gasteiger partial charge in [0.15, 0.2) is 6.23 Å². The lowest BCUT2D eigenvalue weighted by atomic mass is 10.0. The van der Waals surface area contributed by atoms with Crippen molar-refractivity contribution in [3.8, 4) is 5.75 Å². The van der Waals surface area contributed by atoms with Crippen molar-refractivity contribution in [1.82, 2.24) is 15.5 Å². The van der Waals surface area contributed by atoms with Crippen LogP contribution in [0.2, 0.25) is 0 Å². The molecular weight excluding hydrogens is 290 g/mol. The Hall–Kier alpha value is -1.75. The van der Waals surface area contributed by atoms with Crippen molar-refractivity contribution in [2.75, 3.05) is 26.2 Å². The summed E-state index contributed by atoms with van der Waals surface area (Å²) in [4.78, 5) is 14.2. The van der Waals surface area contributed by atoms with Gasteiger partial charge in [0.25, 0.3) is 0 Å². The number of hydrogen-bond acceptors (Lipinski definition) is 3. The Kier molecular flexibility index (Phi) is 8.48. The van der Waals surface area contributed by atoms with E-state index in [1.165, 1.54) is 0 Å². The molecule has 2 N–H and O–H groups in total. The molecule has 0 saturated heterocycles. The number of amides is 2. The molecule has 5 nitrogen and oxygen atoms in total. The molecule has 0 aliphatic carbocycles. The van der Waals surface area contributed by atoms with E-state index in [-0.39, 0.29) is 12.3 Å². The van der Waals surface area contributed by atoms with Gasteiger partial charge in [-0.1, -0.05) is 45.9 Å². The van der Waals surface area contributed by atoms with E-state index in [9.17, 15) is 4.79 Å². The van der Waals surface area contributed by atoms with Gasteiger partial charge in [-0.2, -0.15) is 0 Å². The fourth-order valence-electron chi connectivity index (χ4n) is 2.39. The number of nitrogens with one attached hydrogen (secondary N) is 2. The van der Waals surface area contributed by atoms with Crippen LogP contribution >= 0.6 is 0 Å². The molecule has 0 fully saturated rings. The summed E-state index contributed by atoms with van der Waals surface area (Å²) in [5.41, 5.74) is 1.14. The molecule has 1 unspecified atom stereocenters. The predicted octanol–water partition coefficient (Wildman–Crippen LogP) is 3.18. The zero-order valence-corrected chi connectivity index (χ0v) is 15.1. The molecule has 1 aromatic carbocycles. The molecule has 0 radical (unpaired) electrons. The molecule has 0 saturated carbocycles. The summed E-state index contributed by atoms with van der Waals surface area (Å²) in [6, 6.07) is 7.73. The summed E-state index contributed by atoms with van der Waals surface area (Å²) in [6.07, 6.45) is -0.386. The lowest BCUT2D eigenvalue weighted by Gasteiger charge is -2.21. The topological polar surface area (TPSA) is 53.6 Å². The molecule has 1 rings (SSSR count). The first-order valence-corrected chi connectivity index (χ1v) is 8.50. The van der Waals surface area contributed by atoms with Crippen molar-refractivity contribution >= 4 is 6.03 Å². The van der Waals surface area contributed by atoms with E-state index in [1.54, 1.807) is 0 Å². The number of urea groups is 1. The van der Waals surface area contributed by atoms with Crippen molar-refractivity contribution in [3.05, 3.63) is 29.8 Å². The van der Waals surface area contributed by atoms with Gasteiger partial charge in [-0.05, 0) is 37.6 Å². The summed E-state index contributed by atoms with van der Waals surface area (Å²) >= 11 is 0. The Morgan fingerprint density at radius 1 is 1.17 bits per heavy atom. The van der Waals surface area contributed by atoms with Gasteiger partial charge >= 0.3 is 6.03 Å². The molecular formula is C18H31N3O2. The number of likely N-dealkylation sites (N-methyl/N-ethyl adjacent to an activating group) is 1. The Labute approximate surface area is 140 Å². The molecule has 23 heavy (non-hydrogen) atoms. The van der Waals surface area contributed by atoms with E-state index in [1.807, 2.05) is 25.1 Å². The summed E-state index contributed by atoms with van der Waals surface area (Å²) in [6.45, 7) is 13.8. The normalized spacial score (nSPS) is 12.3. The van der Waals surface area contributed by atoms with E-state index >= 15 is 0 Å². The summed E-state index contributed by atoms with van der Waals surface area (Å²) in [5, 5.41) is 5.68. The standard InChI is InChI=1S/C18H31N3O2/c1-6-21(7-2)13-12-19-18(22)20-15(5)23-17-11-9-8-10-16(17)14(3)4/h8-11,14-15H,6-7,12-13H2,1-5H3,(H2,19,20,22). The van der Waals surface area contributed by atoms with Gasteiger partial charge in [-0.25, -0.2) is 4.79 Å². The van der Waals surface area contributed by atoms with Crippen molar-refractivity contribution in [3.63, 3.8) is 0 Å². The van der Waals surface area contributed by atoms with Crippen LogP contribution in [0.25, 0.3) is 0 Å². The van der Waals surface area contributed by atoms with Crippen LogP contribution in [0.1, 0.15) is 46.1 Å². The van der Waals surface area contributed by atoms with E-state index in [0.717, 1.165) is 30.9 Å². The molecule has 0 aliphatic heterocycles. The van der Waals surface area contributed by atoms with Crippen LogP contribution in [0.5, 0.6) is 5.75 Å². The number of rotatable bonds is 9. The molecule has 1 aromatic rings. The van der Waals surface area contributed by atoms with E-state index in [2.05, 4.69) is 49.3 Å². The maximum atomic E-state index is 11.9. The van der Waals surface area contributed by atoms with Gasteiger partial charge in [0, 0.05) is 13.1 Å². The van der Waals surface area contributed by atoms with Crippen LogP contribution in [0, 0.1) is 0 Å². The lowest BCUT2D eigenvalue weighted by molar-refractivity contribution is 0.174. The van der Waals surface area contributed by atoms with Crippen molar-refractivity contribution < 1.29 is 9.53 Å². The monoisotopic (exact) mass is 321 g/mol. The van der Waals surface area contributed by atoms with Crippen LogP contribution in [0.15, 0.2) is 24.3 Å². The molecule has 0 bridgehead atoms. The third-order valence-corrected chi connectivity index (χ3v) is 3.79. The second-order valence-corrected chi connectivity index (χ2v) is 5.88. The third kappa shape index (κ3) is 6.91. The fourth-order valence-corrected chi connectivity index (χ4v) is 2.39. The van der Waals surface area contributed by atoms with Crippen LogP contribution in [0.4, 0.5) is 4.79 Å². The number of hydrogen-bond donors (Lipinski definition) is 2. The van der Waals surface area contributed by atoms with Gasteiger partial charge in [-0.3, -0.25) is 0 Å². The van der Waals surface area contributed by atoms with Gasteiger partial charge in [-0.15, -0.1) is 0 Å². The molecule has 5 heteroatoms. The molecule has 1 atom stereocenters. The average Bonchev–Trinajstić information content (AvgIpc) is 2.51. The minimum Gasteiger partial charge on any atom is -0.471 e. The van der Waals surface area contributed by atoms with E-state index in [0.29, 0.717) is 12.5 Å². The van der Waals surface area contributed by atoms with Crippen LogP contribution in [-0.2, 0) is 0 Å². The Bertz CT molecular complexity index is 473. The number of para-hydroxylation sites is 1. The SMILES string of the molecule is CCN(CC)CCNC(=O)NC(C)Oc1ccccc1C(C)C. The average molecular weight is 321 g/mol. The maximum Gasteiger partial charge on any atom is 0.317 e. The molecule has 0 aliphatic rings. The number of carbonyl (C=O) groups excluding carboxylic acids is 1. The second kappa shape index (κ2) is 10.1. The van der Waals surface area contributed by atoms with Gasteiger partial charge in [0.1, 0.15) is 5.75 Å². The highest BCUT2D eigenvalue weighted by Crippen LogP contribution is 2.26. The Balaban J connectivity index is 2.41. The first kappa shape index (κ1) is 19.3. The third-order valence-electron chi connectivity index (χ3n) is 3.79. The fraction of sp³-hybridized carbons (Fsp3) is 0.611. The van der Waals surface area contributed by atoms with Gasteiger partial charge in [0.05, 0.1) is 0 Å². The molecule has 0 spiro atoms. The summed E-state index contributed by atoms with van der Waals surface area (Å²) < 4.78 is 5.86. The highest BCUT2D eigenvalue weighted by molar-refractivity contribution is 5.74. The Morgan fingerprint density at radius 2 is 1.83 bits per heavy atom. The highest BCUT2D eigenvalue weighted by atomic mass is 16.5. The number of ether oxygens (including phenoxy) is 1. The zero-order chi connectivity index (χ0) is 17.2. The largest absolute Gasteiger partial charge is 0.471 e. The minimum absolute atomic E-state index is 0.202. The summed E-state index contributed by atoms with van der Waals surface area (Å²) in [7, 11) is 0. The molecule has 0 aromatic heterocycles. The lowest BCUT2D eigenvalue weighted by Crippen LogP contribution is -2.45. The summed E-state index contributed by atoms with van der Waals surface area (Å²) in [5.74, 6) is 1.19. The van der Waals surface area contributed by atoms with Crippen molar-refractivity contribution in [2.45, 2.75) is 46.8 Å². The Morgan fingerprint density at radius 3 is 2.43 bits per heavy atom. The minimum atomic E-state index is -0.386. The van der Waals surface area contributed by atoms with Gasteiger partial charge in [0.2, 0.25) is 0 Å². The molecule has 0 heterocycles. The number of benzene rings is 1. The number of nitrogens with zero attached hydrogens (tertiary/aromatic N) is 1. The van der Waals surface area contributed by atoms with Crippen molar-refractivity contribution in [2.24, 2.45) is 0 Å². The predicted molar refractivity (Wildman–Crippen MR) is 94.9 cm³/mol. The quantitative estimate of drug-likeness (QED) is 0.687. The van der Waals surface area contributed by atoms with Crippen LogP contribution in [0.3, 0.4) is 0 Å². The smallest absolute Gasteiger partial charge is 0.317 e. The zero-order valence-electron chi connectivity index (χ0n) is 15.1. The first-order valence-electron chi connectivity index (χ1n) is 8.50. The van der Waals surface area contributed by atoms with E-state index < -0.39 is 0 Å². The maximum absolute atomic E-state index is 11.9. The second-order valence-electron chi connectivity index (χ2n) is 5.88. The van der Waals surface area contributed by atoms with Crippen LogP contribution < -0.4 is 15.4 Å².